The maximum absolute atomic E-state index is 13.2. The molecule has 4 aromatic rings. The Bertz CT molecular complexity index is 1390. The Morgan fingerprint density at radius 2 is 1.57 bits per heavy atom. The van der Waals surface area contributed by atoms with Crippen LogP contribution >= 0.6 is 0 Å². The molecule has 4 rings (SSSR count). The summed E-state index contributed by atoms with van der Waals surface area (Å²) < 4.78 is 11.4. The minimum atomic E-state index is -0.641. The number of ether oxygens (including phenoxy) is 2. The lowest BCUT2D eigenvalue weighted by molar-refractivity contribution is 0.251. The van der Waals surface area contributed by atoms with Crippen molar-refractivity contribution in [3.05, 3.63) is 71.9 Å². The van der Waals surface area contributed by atoms with Crippen molar-refractivity contribution in [3.8, 4) is 17.4 Å². The number of amides is 2. The van der Waals surface area contributed by atoms with E-state index in [2.05, 4.69) is 15.3 Å². The molecule has 2 amide bonds. The third-order valence-corrected chi connectivity index (χ3v) is 5.40. The molecule has 0 fully saturated rings. The quantitative estimate of drug-likeness (QED) is 0.215. The van der Waals surface area contributed by atoms with Gasteiger partial charge in [-0.2, -0.15) is 4.98 Å². The molecule has 0 radical (unpaired) electrons. The standard InChI is InChI=1S/C25H27N7O3/c1-15-9-11-22(34-4)20(13-15)32(27)25(33)31(26)19-10-12-21(18-8-6-5-7-17(18)19)35-23-14-16(2)29-24(28-3)30-23/h5-14H,26-27H2,1-4H3,(H,28,29,30). The number of nitrogens with two attached hydrogens (primary N) is 2. The molecule has 0 bridgehead atoms. The van der Waals surface area contributed by atoms with Crippen molar-refractivity contribution in [2.24, 2.45) is 11.7 Å². The van der Waals surface area contributed by atoms with Crippen LogP contribution in [0.15, 0.2) is 60.7 Å². The van der Waals surface area contributed by atoms with Crippen molar-refractivity contribution in [1.82, 2.24) is 9.97 Å². The van der Waals surface area contributed by atoms with Gasteiger partial charge in [-0.15, -0.1) is 0 Å². The number of hydrogen-bond donors (Lipinski definition) is 3. The minimum absolute atomic E-state index is 0.389. The van der Waals surface area contributed by atoms with Crippen LogP contribution in [0.3, 0.4) is 0 Å². The predicted molar refractivity (Wildman–Crippen MR) is 137 cm³/mol. The second-order valence-corrected chi connectivity index (χ2v) is 7.85. The van der Waals surface area contributed by atoms with E-state index >= 15 is 0 Å². The number of aryl methyl sites for hydroxylation is 2. The van der Waals surface area contributed by atoms with Gasteiger partial charge >= 0.3 is 6.03 Å². The number of hydrogen-bond acceptors (Lipinski definition) is 8. The number of carbonyl (C=O) groups excluding carboxylic acids is 1. The minimum Gasteiger partial charge on any atom is -0.495 e. The molecule has 0 saturated carbocycles. The van der Waals surface area contributed by atoms with Crippen molar-refractivity contribution in [2.75, 3.05) is 29.5 Å². The van der Waals surface area contributed by atoms with Crippen LogP contribution in [0.25, 0.3) is 10.8 Å². The number of urea groups is 1. The first-order valence-electron chi connectivity index (χ1n) is 10.8. The van der Waals surface area contributed by atoms with Gasteiger partial charge in [0.25, 0.3) is 0 Å². The zero-order valence-corrected chi connectivity index (χ0v) is 19.9. The summed E-state index contributed by atoms with van der Waals surface area (Å²) in [6.07, 6.45) is 0. The summed E-state index contributed by atoms with van der Waals surface area (Å²) in [4.78, 5) is 21.9. The third-order valence-electron chi connectivity index (χ3n) is 5.40. The first kappa shape index (κ1) is 23.7. The zero-order chi connectivity index (χ0) is 25.1. The van der Waals surface area contributed by atoms with E-state index < -0.39 is 6.03 Å². The van der Waals surface area contributed by atoms with Gasteiger partial charge in [-0.1, -0.05) is 30.3 Å². The van der Waals surface area contributed by atoms with Crippen LogP contribution in [0.5, 0.6) is 17.4 Å². The fourth-order valence-corrected chi connectivity index (χ4v) is 3.68. The Hall–Kier alpha value is -4.41. The number of carbonyl (C=O) groups is 1. The van der Waals surface area contributed by atoms with Crippen LogP contribution in [0.1, 0.15) is 11.3 Å². The molecule has 0 aliphatic carbocycles. The Labute approximate surface area is 203 Å². The van der Waals surface area contributed by atoms with Crippen LogP contribution in [-0.2, 0) is 0 Å². The van der Waals surface area contributed by atoms with Crippen LogP contribution in [0.4, 0.5) is 22.1 Å². The lowest BCUT2D eigenvalue weighted by atomic mass is 10.1. The molecule has 5 N–H and O–H groups in total. The van der Waals surface area contributed by atoms with E-state index in [1.807, 2.05) is 44.2 Å². The number of aromatic nitrogens is 2. The number of fused-ring (bicyclic) bond motifs is 1. The average molecular weight is 474 g/mol. The first-order valence-corrected chi connectivity index (χ1v) is 10.8. The lowest BCUT2D eigenvalue weighted by Crippen LogP contribution is -2.51. The number of nitrogens with zero attached hydrogens (tertiary/aromatic N) is 4. The first-order chi connectivity index (χ1) is 16.8. The molecule has 1 heterocycles. The number of anilines is 3. The van der Waals surface area contributed by atoms with E-state index in [1.165, 1.54) is 7.11 Å². The summed E-state index contributed by atoms with van der Waals surface area (Å²) in [6, 6.07) is 17.3. The van der Waals surface area contributed by atoms with Crippen LogP contribution in [-0.4, -0.2) is 30.2 Å². The smallest absolute Gasteiger partial charge is 0.357 e. The monoisotopic (exact) mass is 473 g/mol. The zero-order valence-electron chi connectivity index (χ0n) is 19.9. The maximum Gasteiger partial charge on any atom is 0.357 e. The molecule has 0 unspecified atom stereocenters. The van der Waals surface area contributed by atoms with Crippen molar-refractivity contribution in [3.63, 3.8) is 0 Å². The lowest BCUT2D eigenvalue weighted by Gasteiger charge is -2.26. The van der Waals surface area contributed by atoms with E-state index in [0.717, 1.165) is 26.7 Å². The summed E-state index contributed by atoms with van der Waals surface area (Å²) in [6.45, 7) is 3.75. The number of hydrazine groups is 2. The largest absolute Gasteiger partial charge is 0.495 e. The van der Waals surface area contributed by atoms with E-state index in [0.29, 0.717) is 40.1 Å². The molecule has 0 spiro atoms. The number of rotatable bonds is 6. The Kier molecular flexibility index (Phi) is 6.67. The fourth-order valence-electron chi connectivity index (χ4n) is 3.68. The summed E-state index contributed by atoms with van der Waals surface area (Å²) in [5, 5.41) is 6.32. The van der Waals surface area contributed by atoms with Gasteiger partial charge in [0.05, 0.1) is 12.8 Å². The van der Waals surface area contributed by atoms with E-state index in [9.17, 15) is 4.79 Å². The average Bonchev–Trinajstić information content (AvgIpc) is 2.87. The molecule has 10 heteroatoms. The summed E-state index contributed by atoms with van der Waals surface area (Å²) in [5.41, 5.74) is 2.53. The van der Waals surface area contributed by atoms with Crippen molar-refractivity contribution >= 4 is 34.1 Å². The molecule has 1 aromatic heterocycles. The van der Waals surface area contributed by atoms with Crippen molar-refractivity contribution < 1.29 is 14.3 Å². The molecule has 0 atom stereocenters. The molecule has 0 saturated heterocycles. The molecule has 35 heavy (non-hydrogen) atoms. The highest BCUT2D eigenvalue weighted by molar-refractivity contribution is 6.09. The van der Waals surface area contributed by atoms with Crippen LogP contribution in [0.2, 0.25) is 0 Å². The maximum atomic E-state index is 13.2. The molecule has 3 aromatic carbocycles. The normalized spacial score (nSPS) is 10.7. The van der Waals surface area contributed by atoms with E-state index in [1.54, 1.807) is 37.4 Å². The van der Waals surface area contributed by atoms with Gasteiger partial charge in [-0.25, -0.2) is 31.5 Å². The number of nitrogens with one attached hydrogen (secondary N) is 1. The fraction of sp³-hybridized carbons (Fsp3) is 0.160. The highest BCUT2D eigenvalue weighted by Gasteiger charge is 2.24. The summed E-state index contributed by atoms with van der Waals surface area (Å²) in [7, 11) is 3.25. The van der Waals surface area contributed by atoms with Crippen LogP contribution in [0, 0.1) is 13.8 Å². The molecule has 0 aliphatic rings. The highest BCUT2D eigenvalue weighted by Crippen LogP contribution is 2.36. The molecule has 10 nitrogen and oxygen atoms in total. The second kappa shape index (κ2) is 9.84. The van der Waals surface area contributed by atoms with Crippen LogP contribution < -0.4 is 36.5 Å². The van der Waals surface area contributed by atoms with Gasteiger partial charge in [0.2, 0.25) is 11.8 Å². The summed E-state index contributed by atoms with van der Waals surface area (Å²) in [5.74, 6) is 14.3. The molecule has 180 valence electrons. The molecule has 0 aliphatic heterocycles. The third kappa shape index (κ3) is 4.79. The van der Waals surface area contributed by atoms with Crippen molar-refractivity contribution in [1.29, 1.82) is 0 Å². The second-order valence-electron chi connectivity index (χ2n) is 7.85. The predicted octanol–water partition coefficient (Wildman–Crippen LogP) is 4.27. The van der Waals surface area contributed by atoms with E-state index in [4.69, 9.17) is 21.2 Å². The van der Waals surface area contributed by atoms with Crippen molar-refractivity contribution in [2.45, 2.75) is 13.8 Å². The number of benzene rings is 3. The van der Waals surface area contributed by atoms with Gasteiger partial charge < -0.3 is 14.8 Å². The Morgan fingerprint density at radius 3 is 2.29 bits per heavy atom. The Balaban J connectivity index is 1.70. The summed E-state index contributed by atoms with van der Waals surface area (Å²) >= 11 is 0. The van der Waals surface area contributed by atoms with Gasteiger partial charge in [0.15, 0.2) is 0 Å². The van der Waals surface area contributed by atoms with E-state index in [-0.39, 0.29) is 0 Å². The molecular weight excluding hydrogens is 446 g/mol. The van der Waals surface area contributed by atoms with Gasteiger partial charge in [-0.05, 0) is 43.7 Å². The van der Waals surface area contributed by atoms with Gasteiger partial charge in [0.1, 0.15) is 17.2 Å². The number of methoxy groups -OCH3 is 1. The highest BCUT2D eigenvalue weighted by atomic mass is 16.5. The topological polar surface area (TPSA) is 132 Å². The van der Waals surface area contributed by atoms with Gasteiger partial charge in [0, 0.05) is 29.6 Å². The van der Waals surface area contributed by atoms with Gasteiger partial charge in [-0.3, -0.25) is 0 Å². The SMILES string of the molecule is CNc1nc(C)cc(Oc2ccc(N(N)C(=O)N(N)c3cc(C)ccc3OC)c3ccccc23)n1. The Morgan fingerprint density at radius 1 is 0.886 bits per heavy atom. The molecular formula is C25H27N7O3.